The van der Waals surface area contributed by atoms with E-state index in [1.165, 1.54) is 0 Å². The van der Waals surface area contributed by atoms with Crippen molar-refractivity contribution in [1.29, 1.82) is 0 Å². The van der Waals surface area contributed by atoms with Gasteiger partial charge in [-0.1, -0.05) is 23.2 Å². The summed E-state index contributed by atoms with van der Waals surface area (Å²) in [5, 5.41) is 14.3. The van der Waals surface area contributed by atoms with Crippen molar-refractivity contribution in [2.24, 2.45) is 0 Å². The summed E-state index contributed by atoms with van der Waals surface area (Å²) < 4.78 is 0. The first-order valence-electron chi connectivity index (χ1n) is 13.3. The van der Waals surface area contributed by atoms with Crippen LogP contribution in [-0.4, -0.2) is 52.4 Å². The Labute approximate surface area is 227 Å². The third kappa shape index (κ3) is 4.80. The van der Waals surface area contributed by atoms with Crippen molar-refractivity contribution in [2.45, 2.75) is 75.3 Å². The third-order valence-corrected chi connectivity index (χ3v) is 8.80. The van der Waals surface area contributed by atoms with Crippen LogP contribution in [0.1, 0.15) is 84.8 Å². The molecule has 0 amide bonds. The number of rotatable bonds is 7. The number of phenols is 1. The van der Waals surface area contributed by atoms with Crippen LogP contribution < -0.4 is 5.32 Å². The lowest BCUT2D eigenvalue weighted by Crippen LogP contribution is -2.36. The lowest BCUT2D eigenvalue weighted by molar-refractivity contribution is 0.112. The van der Waals surface area contributed by atoms with E-state index in [4.69, 9.17) is 33.2 Å². The number of hydrogen-bond acceptors (Lipinski definition) is 6. The molecule has 37 heavy (non-hydrogen) atoms. The molecule has 6 rings (SSSR count). The number of benzene rings is 1. The predicted octanol–water partition coefficient (Wildman–Crippen LogP) is 7.16. The van der Waals surface area contributed by atoms with Crippen LogP contribution in [0.25, 0.3) is 22.3 Å². The van der Waals surface area contributed by atoms with Gasteiger partial charge in [0.25, 0.3) is 0 Å². The van der Waals surface area contributed by atoms with Gasteiger partial charge < -0.3 is 15.3 Å². The zero-order valence-electron chi connectivity index (χ0n) is 21.2. The Morgan fingerprint density at radius 1 is 0.946 bits per heavy atom. The molecule has 0 spiro atoms. The third-order valence-electron chi connectivity index (χ3n) is 8.22. The Morgan fingerprint density at radius 2 is 1.59 bits per heavy atom. The van der Waals surface area contributed by atoms with Gasteiger partial charge in [0.2, 0.25) is 0 Å². The molecule has 8 heteroatoms. The highest BCUT2D eigenvalue weighted by molar-refractivity contribution is 6.37. The number of hydrogen-bond donors (Lipinski definition) is 2. The summed E-state index contributed by atoms with van der Waals surface area (Å²) >= 11 is 12.6. The van der Waals surface area contributed by atoms with E-state index in [-0.39, 0.29) is 21.8 Å². The zero-order valence-corrected chi connectivity index (χ0v) is 22.7. The molecule has 0 bridgehead atoms. The molecule has 3 saturated carbocycles. The predicted molar refractivity (Wildman–Crippen MR) is 149 cm³/mol. The molecular weight excluding hydrogens is 507 g/mol. The van der Waals surface area contributed by atoms with Crippen LogP contribution in [0.2, 0.25) is 10.0 Å². The highest BCUT2D eigenvalue weighted by atomic mass is 35.5. The Hall–Kier alpha value is -2.41. The van der Waals surface area contributed by atoms with Crippen LogP contribution in [0.3, 0.4) is 0 Å². The van der Waals surface area contributed by atoms with Gasteiger partial charge >= 0.3 is 0 Å². The molecule has 2 N–H and O–H groups in total. The van der Waals surface area contributed by atoms with Crippen molar-refractivity contribution in [2.75, 3.05) is 19.4 Å². The number of carbonyl (C=O) groups excluding carboxylic acids is 1. The Morgan fingerprint density at radius 3 is 2.16 bits per heavy atom. The van der Waals surface area contributed by atoms with Gasteiger partial charge in [-0.25, -0.2) is 9.97 Å². The van der Waals surface area contributed by atoms with Gasteiger partial charge in [0, 0.05) is 23.6 Å². The molecular formula is C29H32Cl2N4O2. The van der Waals surface area contributed by atoms with Crippen molar-refractivity contribution in [3.8, 4) is 17.0 Å². The molecule has 6 nitrogen and oxygen atoms in total. The summed E-state index contributed by atoms with van der Waals surface area (Å²) in [5.41, 5.74) is 6.55. The van der Waals surface area contributed by atoms with Crippen molar-refractivity contribution < 1.29 is 9.90 Å². The van der Waals surface area contributed by atoms with Crippen LogP contribution >= 0.6 is 23.2 Å². The standard InChI is InChI=1S/C29H32Cl2N4O2/c1-35(2)19-9-7-18(8-10-19)32-27-21(14-36)25(16-5-6-16)33-24-13-20(15-3-4-15)26(34-28(24)27)17-11-22(30)29(37)23(31)12-17/h11-16,18-19,37H,3-10H2,1-2H3,(H,32,33). The average Bonchev–Trinajstić information content (AvgIpc) is 3.80. The Balaban J connectivity index is 1.50. The molecule has 3 aliphatic rings. The second-order valence-corrected chi connectivity index (χ2v) is 12.0. The van der Waals surface area contributed by atoms with E-state index in [9.17, 15) is 9.90 Å². The minimum atomic E-state index is -0.129. The van der Waals surface area contributed by atoms with Crippen LogP contribution in [0.15, 0.2) is 18.2 Å². The molecule has 1 aromatic carbocycles. The summed E-state index contributed by atoms with van der Waals surface area (Å²) in [5.74, 6) is 0.622. The molecule has 0 atom stereocenters. The molecule has 0 unspecified atom stereocenters. The number of aromatic hydroxyl groups is 1. The van der Waals surface area contributed by atoms with Gasteiger partial charge in [0.15, 0.2) is 12.0 Å². The van der Waals surface area contributed by atoms with Crippen LogP contribution in [0.4, 0.5) is 5.69 Å². The van der Waals surface area contributed by atoms with Gasteiger partial charge in [0.1, 0.15) is 5.52 Å². The largest absolute Gasteiger partial charge is 0.505 e. The van der Waals surface area contributed by atoms with Gasteiger partial charge in [0.05, 0.1) is 38.2 Å². The van der Waals surface area contributed by atoms with E-state index in [2.05, 4.69) is 30.4 Å². The van der Waals surface area contributed by atoms with E-state index in [0.717, 1.165) is 91.4 Å². The van der Waals surface area contributed by atoms with E-state index in [1.54, 1.807) is 12.1 Å². The minimum absolute atomic E-state index is 0.129. The molecule has 2 heterocycles. The van der Waals surface area contributed by atoms with Crippen molar-refractivity contribution in [3.63, 3.8) is 0 Å². The Kier molecular flexibility index (Phi) is 6.54. The molecule has 0 aliphatic heterocycles. The van der Waals surface area contributed by atoms with Crippen molar-refractivity contribution >= 4 is 46.2 Å². The van der Waals surface area contributed by atoms with Crippen molar-refractivity contribution in [3.05, 3.63) is 45.1 Å². The van der Waals surface area contributed by atoms with Gasteiger partial charge in [-0.2, -0.15) is 0 Å². The zero-order chi connectivity index (χ0) is 25.8. The first-order chi connectivity index (χ1) is 17.8. The molecule has 3 aliphatic carbocycles. The topological polar surface area (TPSA) is 78.4 Å². The molecule has 3 fully saturated rings. The molecule has 0 radical (unpaired) electrons. The number of phenolic OH excluding ortho intramolecular Hbond substituents is 1. The quantitative estimate of drug-likeness (QED) is 0.310. The van der Waals surface area contributed by atoms with Gasteiger partial charge in [-0.15, -0.1) is 0 Å². The number of halogens is 2. The van der Waals surface area contributed by atoms with Crippen molar-refractivity contribution in [1.82, 2.24) is 14.9 Å². The normalized spacial score (nSPS) is 22.0. The maximum absolute atomic E-state index is 12.5. The summed E-state index contributed by atoms with van der Waals surface area (Å²) in [4.78, 5) is 25.0. The van der Waals surface area contributed by atoms with Crippen LogP contribution in [0, 0.1) is 0 Å². The number of fused-ring (bicyclic) bond motifs is 1. The molecule has 0 saturated heterocycles. The number of carbonyl (C=O) groups is 1. The highest BCUT2D eigenvalue weighted by Gasteiger charge is 2.34. The fraction of sp³-hybridized carbons (Fsp3) is 0.483. The van der Waals surface area contributed by atoms with E-state index in [0.29, 0.717) is 29.0 Å². The lowest BCUT2D eigenvalue weighted by atomic mass is 9.90. The van der Waals surface area contributed by atoms with Crippen LogP contribution in [-0.2, 0) is 0 Å². The smallest absolute Gasteiger partial charge is 0.154 e. The number of nitrogens with one attached hydrogen (secondary N) is 1. The SMILES string of the molecule is CN(C)C1CCC(Nc2c(C=O)c(C3CC3)nc3cc(C4CC4)c(-c4cc(Cl)c(O)c(Cl)c4)nc23)CC1. The first kappa shape index (κ1) is 24.9. The Bertz CT molecular complexity index is 1350. The first-order valence-corrected chi connectivity index (χ1v) is 14.0. The fourth-order valence-corrected chi connectivity index (χ4v) is 6.23. The van der Waals surface area contributed by atoms with E-state index in [1.807, 2.05) is 0 Å². The number of anilines is 1. The summed E-state index contributed by atoms with van der Waals surface area (Å²) in [6.45, 7) is 0. The highest BCUT2D eigenvalue weighted by Crippen LogP contribution is 2.48. The van der Waals surface area contributed by atoms with Crippen LogP contribution in [0.5, 0.6) is 5.75 Å². The van der Waals surface area contributed by atoms with Gasteiger partial charge in [-0.05, 0) is 95.1 Å². The van der Waals surface area contributed by atoms with E-state index < -0.39 is 0 Å². The number of aromatic nitrogens is 2. The maximum atomic E-state index is 12.5. The lowest BCUT2D eigenvalue weighted by Gasteiger charge is -2.34. The second-order valence-electron chi connectivity index (χ2n) is 11.1. The summed E-state index contributed by atoms with van der Waals surface area (Å²) in [6, 6.07) is 6.45. The number of nitrogens with zero attached hydrogens (tertiary/aromatic N) is 3. The minimum Gasteiger partial charge on any atom is -0.505 e. The summed E-state index contributed by atoms with van der Waals surface area (Å²) in [7, 11) is 4.29. The summed E-state index contributed by atoms with van der Waals surface area (Å²) in [6.07, 6.45) is 9.61. The number of aldehydes is 1. The second kappa shape index (κ2) is 9.72. The maximum Gasteiger partial charge on any atom is 0.154 e. The molecule has 194 valence electrons. The molecule has 3 aromatic rings. The number of pyridine rings is 2. The molecule has 2 aromatic heterocycles. The fourth-order valence-electron chi connectivity index (χ4n) is 5.75. The monoisotopic (exact) mass is 538 g/mol. The van der Waals surface area contributed by atoms with E-state index >= 15 is 0 Å². The average molecular weight is 540 g/mol. The van der Waals surface area contributed by atoms with Gasteiger partial charge in [-0.3, -0.25) is 4.79 Å².